The molecule has 0 aromatic carbocycles. The van der Waals surface area contributed by atoms with Crippen molar-refractivity contribution in [2.75, 3.05) is 38.0 Å². The number of hydrogen-bond donors (Lipinski definition) is 2. The molecule has 0 bridgehead atoms. The fraction of sp³-hybridized carbons (Fsp3) is 0.714. The maximum Gasteiger partial charge on any atom is 0.268 e. The van der Waals surface area contributed by atoms with Crippen LogP contribution in [0.4, 0.5) is 5.95 Å². The first-order chi connectivity index (χ1) is 18.1. The van der Waals surface area contributed by atoms with Crippen LogP contribution in [0.3, 0.4) is 0 Å². The summed E-state index contributed by atoms with van der Waals surface area (Å²) >= 11 is 0. The number of carbonyl (C=O) groups excluding carboxylic acids is 2. The third-order valence-corrected chi connectivity index (χ3v) is 9.71. The van der Waals surface area contributed by atoms with Crippen LogP contribution in [-0.2, 0) is 10.3 Å². The fourth-order valence-corrected chi connectivity index (χ4v) is 7.39. The molecule has 7 rings (SSSR count). The second-order valence-corrected chi connectivity index (χ2v) is 12.1. The summed E-state index contributed by atoms with van der Waals surface area (Å²) in [6, 6.07) is 2.95. The van der Waals surface area contributed by atoms with Gasteiger partial charge >= 0.3 is 0 Å². The Morgan fingerprint density at radius 3 is 2.49 bits per heavy atom. The van der Waals surface area contributed by atoms with E-state index in [4.69, 9.17) is 4.98 Å². The molecule has 37 heavy (non-hydrogen) atoms. The van der Waals surface area contributed by atoms with Gasteiger partial charge in [0.1, 0.15) is 11.3 Å². The summed E-state index contributed by atoms with van der Waals surface area (Å²) in [5, 5.41) is 7.72. The topological polar surface area (TPSA) is 95.4 Å². The zero-order valence-corrected chi connectivity index (χ0v) is 21.8. The molecule has 3 aliphatic carbocycles. The number of nitrogens with one attached hydrogen (secondary N) is 2. The number of nitrogens with zero attached hydrogens (tertiary/aromatic N) is 5. The Kier molecular flexibility index (Phi) is 5.86. The normalized spacial score (nSPS) is 28.2. The minimum Gasteiger partial charge on any atom is -0.351 e. The Morgan fingerprint density at radius 2 is 1.76 bits per heavy atom. The molecule has 9 heteroatoms. The van der Waals surface area contributed by atoms with E-state index in [0.29, 0.717) is 36.4 Å². The number of carbonyl (C=O) groups is 2. The van der Waals surface area contributed by atoms with E-state index in [9.17, 15) is 9.59 Å². The molecule has 2 N–H and O–H groups in total. The average Bonchev–Trinajstić information content (AvgIpc) is 3.71. The maximum atomic E-state index is 12.7. The van der Waals surface area contributed by atoms with Crippen LogP contribution in [-0.4, -0.2) is 81.0 Å². The molecule has 1 spiro atoms. The molecule has 0 unspecified atom stereocenters. The Hall–Kier alpha value is -2.68. The fourth-order valence-electron chi connectivity index (χ4n) is 7.39. The summed E-state index contributed by atoms with van der Waals surface area (Å²) in [6.45, 7) is 4.50. The smallest absolute Gasteiger partial charge is 0.268 e. The van der Waals surface area contributed by atoms with Crippen molar-refractivity contribution in [1.82, 2.24) is 29.7 Å². The van der Waals surface area contributed by atoms with Gasteiger partial charge in [0.15, 0.2) is 0 Å². The number of hydrogen-bond acceptors (Lipinski definition) is 6. The van der Waals surface area contributed by atoms with Crippen LogP contribution in [0.2, 0.25) is 0 Å². The Balaban J connectivity index is 1.01. The molecule has 5 aliphatic rings. The number of aromatic nitrogens is 3. The zero-order valence-electron chi connectivity index (χ0n) is 21.8. The van der Waals surface area contributed by atoms with Gasteiger partial charge in [0.25, 0.3) is 5.91 Å². The predicted molar refractivity (Wildman–Crippen MR) is 141 cm³/mol. The number of piperazine rings is 1. The van der Waals surface area contributed by atoms with Crippen molar-refractivity contribution in [3.63, 3.8) is 0 Å². The molecule has 0 atom stereocenters. The van der Waals surface area contributed by atoms with Crippen LogP contribution in [0.15, 0.2) is 12.3 Å². The monoisotopic (exact) mass is 505 g/mol. The van der Waals surface area contributed by atoms with Gasteiger partial charge in [-0.05, 0) is 57.4 Å². The molecule has 2 aromatic rings. The number of anilines is 1. The van der Waals surface area contributed by atoms with Crippen LogP contribution >= 0.6 is 0 Å². The van der Waals surface area contributed by atoms with Gasteiger partial charge in [-0.2, -0.15) is 4.98 Å². The Bertz CT molecular complexity index is 1180. The average molecular weight is 506 g/mol. The largest absolute Gasteiger partial charge is 0.351 e. The SMILES string of the molecule is O=C1NCC2(CCCCC2)n2c1cc1cnc(N[C@H]3CC[C@H](N4CCN(C(=O)C5CC5)CC4)CC3)nc12. The molecule has 2 aliphatic heterocycles. The third kappa shape index (κ3) is 4.29. The van der Waals surface area contributed by atoms with E-state index in [1.807, 2.05) is 12.3 Å². The Morgan fingerprint density at radius 1 is 1.00 bits per heavy atom. The van der Waals surface area contributed by atoms with Gasteiger partial charge in [-0.15, -0.1) is 0 Å². The molecule has 4 fully saturated rings. The van der Waals surface area contributed by atoms with Crippen LogP contribution in [0.5, 0.6) is 0 Å². The van der Waals surface area contributed by atoms with Crippen molar-refractivity contribution in [3.8, 4) is 0 Å². The first-order valence-electron chi connectivity index (χ1n) is 14.6. The first-order valence-corrected chi connectivity index (χ1v) is 14.6. The van der Waals surface area contributed by atoms with Gasteiger partial charge in [0.2, 0.25) is 11.9 Å². The minimum atomic E-state index is -0.0553. The Labute approximate surface area is 218 Å². The van der Waals surface area contributed by atoms with Crippen molar-refractivity contribution in [3.05, 3.63) is 18.0 Å². The van der Waals surface area contributed by atoms with Gasteiger partial charge in [0, 0.05) is 62.3 Å². The van der Waals surface area contributed by atoms with E-state index in [2.05, 4.69) is 30.0 Å². The zero-order chi connectivity index (χ0) is 25.0. The second-order valence-electron chi connectivity index (χ2n) is 12.1. The molecule has 0 radical (unpaired) electrons. The molecular weight excluding hydrogens is 466 g/mol. The molecule has 2 aromatic heterocycles. The summed E-state index contributed by atoms with van der Waals surface area (Å²) in [5.74, 6) is 1.40. The van der Waals surface area contributed by atoms with Crippen molar-refractivity contribution in [1.29, 1.82) is 0 Å². The second kappa shape index (κ2) is 9.26. The summed E-state index contributed by atoms with van der Waals surface area (Å²) in [4.78, 5) is 39.4. The quantitative estimate of drug-likeness (QED) is 0.663. The van der Waals surface area contributed by atoms with E-state index in [1.54, 1.807) is 0 Å². The molecule has 9 nitrogen and oxygen atoms in total. The summed E-state index contributed by atoms with van der Waals surface area (Å²) in [7, 11) is 0. The van der Waals surface area contributed by atoms with Crippen LogP contribution in [0.1, 0.15) is 81.1 Å². The standard InChI is InChI=1S/C28H39N7O2/c36-25-23-16-20-17-29-27(32-24(20)35(23)28(18-30-25)10-2-1-3-11-28)31-21-6-8-22(9-7-21)33-12-14-34(15-13-33)26(37)19-4-5-19/h16-17,19,21-22H,1-15,18H2,(H,30,36)(H,29,31,32)/t21-,22-. The maximum absolute atomic E-state index is 12.7. The molecule has 198 valence electrons. The van der Waals surface area contributed by atoms with Crippen LogP contribution in [0, 0.1) is 5.92 Å². The third-order valence-electron chi connectivity index (χ3n) is 9.71. The van der Waals surface area contributed by atoms with Gasteiger partial charge < -0.3 is 20.1 Å². The van der Waals surface area contributed by atoms with E-state index in [1.165, 1.54) is 32.1 Å². The van der Waals surface area contributed by atoms with Crippen LogP contribution in [0.25, 0.3) is 11.0 Å². The van der Waals surface area contributed by atoms with E-state index in [0.717, 1.165) is 81.4 Å². The van der Waals surface area contributed by atoms with Crippen molar-refractivity contribution in [2.45, 2.75) is 88.3 Å². The van der Waals surface area contributed by atoms with Gasteiger partial charge in [-0.3, -0.25) is 14.5 Å². The first kappa shape index (κ1) is 23.4. The lowest BCUT2D eigenvalue weighted by atomic mass is 9.80. The number of amides is 2. The molecular formula is C28H39N7O2. The summed E-state index contributed by atoms with van der Waals surface area (Å²) < 4.78 is 2.25. The highest BCUT2D eigenvalue weighted by Gasteiger charge is 2.42. The highest BCUT2D eigenvalue weighted by Crippen LogP contribution is 2.40. The van der Waals surface area contributed by atoms with E-state index < -0.39 is 0 Å². The highest BCUT2D eigenvalue weighted by atomic mass is 16.2. The lowest BCUT2D eigenvalue weighted by Crippen LogP contribution is -2.53. The van der Waals surface area contributed by atoms with E-state index >= 15 is 0 Å². The van der Waals surface area contributed by atoms with Crippen molar-refractivity contribution in [2.24, 2.45) is 5.92 Å². The predicted octanol–water partition coefficient (Wildman–Crippen LogP) is 3.11. The lowest BCUT2D eigenvalue weighted by Gasteiger charge is -2.43. The summed E-state index contributed by atoms with van der Waals surface area (Å²) in [5.41, 5.74) is 1.57. The van der Waals surface area contributed by atoms with Gasteiger partial charge in [-0.1, -0.05) is 19.3 Å². The van der Waals surface area contributed by atoms with Crippen molar-refractivity contribution >= 4 is 28.8 Å². The molecule has 1 saturated heterocycles. The van der Waals surface area contributed by atoms with Crippen LogP contribution < -0.4 is 10.6 Å². The highest BCUT2D eigenvalue weighted by molar-refractivity contribution is 5.99. The number of fused-ring (bicyclic) bond motifs is 4. The van der Waals surface area contributed by atoms with E-state index in [-0.39, 0.29) is 11.4 Å². The lowest BCUT2D eigenvalue weighted by molar-refractivity contribution is -0.134. The molecule has 2 amide bonds. The summed E-state index contributed by atoms with van der Waals surface area (Å²) in [6.07, 6.45) is 14.4. The molecule has 3 saturated carbocycles. The molecule has 4 heterocycles. The van der Waals surface area contributed by atoms with Crippen molar-refractivity contribution < 1.29 is 9.59 Å². The van der Waals surface area contributed by atoms with Gasteiger partial charge in [0.05, 0.1) is 5.54 Å². The van der Waals surface area contributed by atoms with Gasteiger partial charge in [-0.25, -0.2) is 4.98 Å². The number of rotatable bonds is 4. The minimum absolute atomic E-state index is 0.000214.